The number of ketones is 1. The highest BCUT2D eigenvalue weighted by molar-refractivity contribution is 6.03. The first-order valence-corrected chi connectivity index (χ1v) is 9.23. The summed E-state index contributed by atoms with van der Waals surface area (Å²) < 4.78 is 5.94. The van der Waals surface area contributed by atoms with Crippen molar-refractivity contribution in [3.63, 3.8) is 0 Å². The number of hydrogen-bond donors (Lipinski definition) is 2. The van der Waals surface area contributed by atoms with Gasteiger partial charge in [0, 0.05) is 29.0 Å². The highest BCUT2D eigenvalue weighted by atomic mass is 16.5. The van der Waals surface area contributed by atoms with Gasteiger partial charge in [-0.3, -0.25) is 4.79 Å². The first-order chi connectivity index (χ1) is 12.5. The Balaban J connectivity index is 2.12. The van der Waals surface area contributed by atoms with Crippen LogP contribution >= 0.6 is 0 Å². The van der Waals surface area contributed by atoms with E-state index in [-0.39, 0.29) is 11.4 Å². The smallest absolute Gasteiger partial charge is 0.334 e. The van der Waals surface area contributed by atoms with Crippen molar-refractivity contribution in [2.45, 2.75) is 51.9 Å². The Hall–Kier alpha value is -2.56. The van der Waals surface area contributed by atoms with Crippen LogP contribution in [0.2, 0.25) is 0 Å². The highest BCUT2D eigenvalue weighted by Crippen LogP contribution is 2.44. The standard InChI is InChI=1S/C21H25NO4/c1-3-4-12-26-17-11-6-5-8-14(17)19-18(21(24)25)13(2)22-15-9-7-10-16(23)20(15)19/h5-6,8,11,19,22H,3-4,7,9-10,12H2,1-2H3,(H,24,25). The molecule has 2 N–H and O–H groups in total. The fourth-order valence-corrected chi connectivity index (χ4v) is 3.75. The number of carboxylic acids is 1. The van der Waals surface area contributed by atoms with Crippen LogP contribution in [0, 0.1) is 0 Å². The van der Waals surface area contributed by atoms with Crippen LogP contribution in [-0.2, 0) is 9.59 Å². The number of allylic oxidation sites excluding steroid dienone is 3. The van der Waals surface area contributed by atoms with Gasteiger partial charge in [0.05, 0.1) is 18.1 Å². The summed E-state index contributed by atoms with van der Waals surface area (Å²) in [5.74, 6) is -0.911. The molecule has 1 aromatic rings. The molecule has 0 aromatic heterocycles. The van der Waals surface area contributed by atoms with E-state index in [2.05, 4.69) is 12.2 Å². The van der Waals surface area contributed by atoms with Crippen LogP contribution in [0.25, 0.3) is 0 Å². The minimum Gasteiger partial charge on any atom is -0.493 e. The molecular formula is C21H25NO4. The van der Waals surface area contributed by atoms with Crippen molar-refractivity contribution in [2.75, 3.05) is 6.61 Å². The van der Waals surface area contributed by atoms with Crippen molar-refractivity contribution >= 4 is 11.8 Å². The van der Waals surface area contributed by atoms with Crippen molar-refractivity contribution in [1.82, 2.24) is 5.32 Å². The predicted octanol–water partition coefficient (Wildman–Crippen LogP) is 3.92. The highest BCUT2D eigenvalue weighted by Gasteiger charge is 2.39. The lowest BCUT2D eigenvalue weighted by molar-refractivity contribution is -0.133. The summed E-state index contributed by atoms with van der Waals surface area (Å²) in [7, 11) is 0. The van der Waals surface area contributed by atoms with Crippen molar-refractivity contribution in [3.05, 3.63) is 52.4 Å². The van der Waals surface area contributed by atoms with E-state index in [9.17, 15) is 14.7 Å². The molecule has 1 unspecified atom stereocenters. The van der Waals surface area contributed by atoms with Gasteiger partial charge < -0.3 is 15.2 Å². The quantitative estimate of drug-likeness (QED) is 0.757. The number of carbonyl (C=O) groups is 2. The molecule has 0 radical (unpaired) electrons. The van der Waals surface area contributed by atoms with Gasteiger partial charge in [0.2, 0.25) is 0 Å². The van der Waals surface area contributed by atoms with Gasteiger partial charge in [-0.25, -0.2) is 4.79 Å². The van der Waals surface area contributed by atoms with Crippen molar-refractivity contribution in [3.8, 4) is 5.75 Å². The molecule has 0 bridgehead atoms. The van der Waals surface area contributed by atoms with E-state index >= 15 is 0 Å². The van der Waals surface area contributed by atoms with Gasteiger partial charge in [-0.2, -0.15) is 0 Å². The molecule has 1 aliphatic carbocycles. The molecule has 5 nitrogen and oxygen atoms in total. The maximum absolute atomic E-state index is 12.7. The first-order valence-electron chi connectivity index (χ1n) is 9.23. The molecule has 5 heteroatoms. The minimum absolute atomic E-state index is 0.0263. The zero-order valence-electron chi connectivity index (χ0n) is 15.3. The van der Waals surface area contributed by atoms with E-state index < -0.39 is 11.9 Å². The maximum Gasteiger partial charge on any atom is 0.334 e. The second-order valence-corrected chi connectivity index (χ2v) is 6.81. The van der Waals surface area contributed by atoms with Crippen LogP contribution < -0.4 is 10.1 Å². The Kier molecular flexibility index (Phi) is 5.45. The van der Waals surface area contributed by atoms with Gasteiger partial charge in [0.15, 0.2) is 5.78 Å². The number of rotatable bonds is 6. The molecule has 1 aliphatic heterocycles. The molecule has 0 spiro atoms. The summed E-state index contributed by atoms with van der Waals surface area (Å²) in [6, 6.07) is 7.47. The maximum atomic E-state index is 12.7. The summed E-state index contributed by atoms with van der Waals surface area (Å²) >= 11 is 0. The molecule has 0 amide bonds. The SMILES string of the molecule is CCCCOc1ccccc1C1C(C(=O)O)=C(C)NC2=C1C(=O)CCC2. The zero-order chi connectivity index (χ0) is 18.7. The third-order valence-electron chi connectivity index (χ3n) is 4.99. The van der Waals surface area contributed by atoms with Gasteiger partial charge in [0.25, 0.3) is 0 Å². The second-order valence-electron chi connectivity index (χ2n) is 6.81. The van der Waals surface area contributed by atoms with Crippen LogP contribution in [-0.4, -0.2) is 23.5 Å². The monoisotopic (exact) mass is 355 g/mol. The van der Waals surface area contributed by atoms with Crippen LogP contribution in [0.4, 0.5) is 0 Å². The van der Waals surface area contributed by atoms with Crippen molar-refractivity contribution in [2.24, 2.45) is 0 Å². The number of benzene rings is 1. The number of hydrogen-bond acceptors (Lipinski definition) is 4. The van der Waals surface area contributed by atoms with Gasteiger partial charge in [-0.15, -0.1) is 0 Å². The number of carbonyl (C=O) groups excluding carboxylic acids is 1. The Morgan fingerprint density at radius 1 is 1.31 bits per heavy atom. The molecule has 26 heavy (non-hydrogen) atoms. The molecule has 0 fully saturated rings. The Morgan fingerprint density at radius 3 is 2.81 bits per heavy atom. The molecule has 0 saturated carbocycles. The van der Waals surface area contributed by atoms with Gasteiger partial charge in [0.1, 0.15) is 5.75 Å². The Morgan fingerprint density at radius 2 is 2.08 bits per heavy atom. The number of ether oxygens (including phenoxy) is 1. The van der Waals surface area contributed by atoms with E-state index in [4.69, 9.17) is 4.74 Å². The third-order valence-corrected chi connectivity index (χ3v) is 4.99. The Labute approximate surface area is 153 Å². The van der Waals surface area contributed by atoms with Crippen LogP contribution in [0.5, 0.6) is 5.75 Å². The fourth-order valence-electron chi connectivity index (χ4n) is 3.75. The summed E-state index contributed by atoms with van der Waals surface area (Å²) in [6.45, 7) is 4.43. The molecule has 1 atom stereocenters. The molecule has 2 aliphatic rings. The van der Waals surface area contributed by atoms with Crippen molar-refractivity contribution in [1.29, 1.82) is 0 Å². The molecule has 3 rings (SSSR count). The third kappa shape index (κ3) is 3.39. The number of carboxylic acid groups (broad SMARTS) is 1. The molecule has 0 saturated heterocycles. The summed E-state index contributed by atoms with van der Waals surface area (Å²) in [6.07, 6.45) is 3.96. The molecule has 138 valence electrons. The summed E-state index contributed by atoms with van der Waals surface area (Å²) in [5.41, 5.74) is 3.03. The van der Waals surface area contributed by atoms with Crippen LogP contribution in [0.1, 0.15) is 57.4 Å². The Bertz CT molecular complexity index is 791. The number of nitrogens with one attached hydrogen (secondary N) is 1. The lowest BCUT2D eigenvalue weighted by atomic mass is 9.75. The largest absolute Gasteiger partial charge is 0.493 e. The number of para-hydroxylation sites is 1. The molecule has 1 heterocycles. The van der Waals surface area contributed by atoms with Gasteiger partial charge in [-0.1, -0.05) is 31.5 Å². The van der Waals surface area contributed by atoms with E-state index in [0.717, 1.165) is 36.9 Å². The summed E-state index contributed by atoms with van der Waals surface area (Å²) in [5, 5.41) is 13.0. The zero-order valence-corrected chi connectivity index (χ0v) is 15.3. The first kappa shape index (κ1) is 18.2. The average molecular weight is 355 g/mol. The predicted molar refractivity (Wildman–Crippen MR) is 98.9 cm³/mol. The normalized spacial score (nSPS) is 19.9. The number of dihydropyridines is 1. The summed E-state index contributed by atoms with van der Waals surface area (Å²) in [4.78, 5) is 24.7. The lowest BCUT2D eigenvalue weighted by Crippen LogP contribution is -2.34. The topological polar surface area (TPSA) is 75.6 Å². The van der Waals surface area contributed by atoms with Crippen LogP contribution in [0.15, 0.2) is 46.8 Å². The second kappa shape index (κ2) is 7.77. The van der Waals surface area contributed by atoms with Gasteiger partial charge >= 0.3 is 5.97 Å². The fraction of sp³-hybridized carbons (Fsp3) is 0.429. The number of Topliss-reactive ketones (excluding diaryl/α,β-unsaturated/α-hetero) is 1. The number of aliphatic carboxylic acids is 1. The number of unbranched alkanes of at least 4 members (excludes halogenated alkanes) is 1. The molecular weight excluding hydrogens is 330 g/mol. The van der Waals surface area contributed by atoms with E-state index in [1.54, 1.807) is 6.92 Å². The van der Waals surface area contributed by atoms with Crippen molar-refractivity contribution < 1.29 is 19.4 Å². The lowest BCUT2D eigenvalue weighted by Gasteiger charge is -2.34. The minimum atomic E-state index is -1.01. The molecule has 1 aromatic carbocycles. The van der Waals surface area contributed by atoms with Gasteiger partial charge in [-0.05, 0) is 32.3 Å². The van der Waals surface area contributed by atoms with E-state index in [1.807, 2.05) is 24.3 Å². The van der Waals surface area contributed by atoms with Crippen LogP contribution in [0.3, 0.4) is 0 Å². The van der Waals surface area contributed by atoms with E-state index in [1.165, 1.54) is 0 Å². The van der Waals surface area contributed by atoms with E-state index in [0.29, 0.717) is 30.0 Å². The average Bonchev–Trinajstić information content (AvgIpc) is 2.61.